The van der Waals surface area contributed by atoms with Gasteiger partial charge in [-0.3, -0.25) is 29.1 Å². The zero-order chi connectivity index (χ0) is 42.6. The standard InChI is InChI=1S/C41H45ClF6N4O6S/c1-2-3-9-31-29(7-6-17-51(31)38(55)36-30(40(43,44)45)8-5-16-49-36)37(54)52-32(10-4-11-34(53)50-18-14-24(15-19-50)39(56)57)28-13-12-26(42)20-25(28)21-35(52)58-27-22-33(59-23-27)41(46,47)48/h5,8,12-13,16,20,22-24,29,31-32,35H,2-4,6-7,9-11,14-15,17-19,21H2,1H3,(H,56,57)/t29-,31-,32-,35?/m1/s1. The van der Waals surface area contributed by atoms with Gasteiger partial charge in [0.15, 0.2) is 6.23 Å². The van der Waals surface area contributed by atoms with Gasteiger partial charge in [-0.05, 0) is 80.3 Å². The lowest BCUT2D eigenvalue weighted by Gasteiger charge is -2.48. The number of hydrogen-bond donors (Lipinski definition) is 1. The number of alkyl halides is 6. The van der Waals surface area contributed by atoms with Crippen molar-refractivity contribution in [2.75, 3.05) is 19.6 Å². The minimum absolute atomic E-state index is 0.0324. The highest BCUT2D eigenvalue weighted by molar-refractivity contribution is 7.10. The molecule has 0 aliphatic carbocycles. The number of carboxylic acid groups (broad SMARTS) is 1. The molecular formula is C41H45ClF6N4O6S. The molecule has 18 heteroatoms. The first-order chi connectivity index (χ1) is 28.0. The molecule has 5 heterocycles. The van der Waals surface area contributed by atoms with E-state index >= 15 is 4.79 Å². The van der Waals surface area contributed by atoms with Gasteiger partial charge in [0.1, 0.15) is 16.3 Å². The molecule has 1 aromatic carbocycles. The fourth-order valence-electron chi connectivity index (χ4n) is 8.57. The van der Waals surface area contributed by atoms with Crippen molar-refractivity contribution < 1.29 is 55.4 Å². The average Bonchev–Trinajstić information content (AvgIpc) is 3.68. The van der Waals surface area contributed by atoms with Crippen LogP contribution in [0.3, 0.4) is 0 Å². The maximum atomic E-state index is 15.3. The van der Waals surface area contributed by atoms with Crippen LogP contribution >= 0.6 is 22.9 Å². The van der Waals surface area contributed by atoms with Crippen LogP contribution in [-0.4, -0.2) is 80.4 Å². The summed E-state index contributed by atoms with van der Waals surface area (Å²) in [6, 6.07) is 6.24. The number of carboxylic acids is 1. The van der Waals surface area contributed by atoms with Crippen molar-refractivity contribution in [2.45, 2.75) is 108 Å². The SMILES string of the molecule is CCCC[C@@H]1[C@H](C(=O)N2C(Oc3csc(C(F)(F)F)c3)Cc3cc(Cl)ccc3[C@H]2CCCC(=O)N2CCC(C(=O)O)CC2)CCCN1C(=O)c1ncccc1C(F)(F)F. The molecule has 6 rings (SSSR count). The number of thiophene rings is 1. The molecule has 0 radical (unpaired) electrons. The van der Waals surface area contributed by atoms with Crippen molar-refractivity contribution in [3.63, 3.8) is 0 Å². The highest BCUT2D eigenvalue weighted by atomic mass is 35.5. The summed E-state index contributed by atoms with van der Waals surface area (Å²) in [5, 5.41) is 11.0. The maximum Gasteiger partial charge on any atom is 0.425 e. The Balaban J connectivity index is 1.35. The summed E-state index contributed by atoms with van der Waals surface area (Å²) >= 11 is 6.86. The lowest BCUT2D eigenvalue weighted by atomic mass is 9.82. The third-order valence-electron chi connectivity index (χ3n) is 11.5. The average molecular weight is 871 g/mol. The van der Waals surface area contributed by atoms with Crippen LogP contribution in [0, 0.1) is 11.8 Å². The van der Waals surface area contributed by atoms with Gasteiger partial charge in [-0.25, -0.2) is 0 Å². The van der Waals surface area contributed by atoms with Gasteiger partial charge in [-0.2, -0.15) is 26.3 Å². The van der Waals surface area contributed by atoms with Gasteiger partial charge in [0.05, 0.1) is 23.4 Å². The number of halogens is 7. The van der Waals surface area contributed by atoms with Crippen molar-refractivity contribution in [3.05, 3.63) is 80.3 Å². The van der Waals surface area contributed by atoms with E-state index in [1.54, 1.807) is 23.1 Å². The minimum Gasteiger partial charge on any atom is -0.481 e. The van der Waals surface area contributed by atoms with E-state index in [9.17, 15) is 45.8 Å². The topological polar surface area (TPSA) is 120 Å². The van der Waals surface area contributed by atoms with Gasteiger partial charge in [0.2, 0.25) is 11.8 Å². The summed E-state index contributed by atoms with van der Waals surface area (Å²) < 4.78 is 89.7. The minimum atomic E-state index is -4.87. The molecule has 320 valence electrons. The second-order valence-corrected chi connectivity index (χ2v) is 16.6. The molecule has 0 spiro atoms. The first-order valence-corrected chi connectivity index (χ1v) is 21.0. The zero-order valence-electron chi connectivity index (χ0n) is 32.2. The molecule has 3 aromatic rings. The Labute approximate surface area is 346 Å². The van der Waals surface area contributed by atoms with E-state index in [-0.39, 0.29) is 63.1 Å². The number of fused-ring (bicyclic) bond motifs is 1. The lowest BCUT2D eigenvalue weighted by molar-refractivity contribution is -0.154. The molecule has 2 fully saturated rings. The maximum absolute atomic E-state index is 15.3. The Morgan fingerprint density at radius 2 is 1.71 bits per heavy atom. The van der Waals surface area contributed by atoms with Crippen molar-refractivity contribution >= 4 is 46.6 Å². The second-order valence-electron chi connectivity index (χ2n) is 15.3. The monoisotopic (exact) mass is 870 g/mol. The number of likely N-dealkylation sites (tertiary alicyclic amines) is 2. The Morgan fingerprint density at radius 1 is 0.966 bits per heavy atom. The van der Waals surface area contributed by atoms with Gasteiger partial charge in [0, 0.05) is 61.2 Å². The van der Waals surface area contributed by atoms with Crippen LogP contribution in [0.2, 0.25) is 5.02 Å². The molecule has 0 saturated carbocycles. The fraction of sp³-hybridized carbons (Fsp3) is 0.537. The van der Waals surface area contributed by atoms with Gasteiger partial charge in [0.25, 0.3) is 5.91 Å². The number of unbranched alkanes of at least 4 members (excludes halogenated alkanes) is 1. The van der Waals surface area contributed by atoms with Crippen molar-refractivity contribution in [1.29, 1.82) is 0 Å². The highest BCUT2D eigenvalue weighted by Crippen LogP contribution is 2.44. The Kier molecular flexibility index (Phi) is 13.8. The summed E-state index contributed by atoms with van der Waals surface area (Å²) in [7, 11) is 0. The zero-order valence-corrected chi connectivity index (χ0v) is 33.8. The number of aliphatic carboxylic acids is 1. The number of ether oxygens (including phenoxy) is 1. The number of piperidine rings is 2. The second kappa shape index (κ2) is 18.5. The van der Waals surface area contributed by atoms with Crippen molar-refractivity contribution in [2.24, 2.45) is 11.8 Å². The van der Waals surface area contributed by atoms with E-state index in [0.29, 0.717) is 66.3 Å². The molecule has 10 nitrogen and oxygen atoms in total. The molecule has 3 aliphatic heterocycles. The summed E-state index contributed by atoms with van der Waals surface area (Å²) in [6.07, 6.45) is -6.28. The van der Waals surface area contributed by atoms with Crippen LogP contribution < -0.4 is 4.74 Å². The molecule has 0 bridgehead atoms. The van der Waals surface area contributed by atoms with Gasteiger partial charge in [-0.15, -0.1) is 11.3 Å². The number of hydrogen-bond acceptors (Lipinski definition) is 7. The van der Waals surface area contributed by atoms with Crippen LogP contribution in [-0.2, 0) is 33.2 Å². The number of nitrogens with zero attached hydrogens (tertiary/aromatic N) is 4. The Hall–Kier alpha value is -4.38. The summed E-state index contributed by atoms with van der Waals surface area (Å²) in [4.78, 5) is 61.6. The molecule has 1 N–H and O–H groups in total. The van der Waals surface area contributed by atoms with Gasteiger partial charge >= 0.3 is 18.3 Å². The van der Waals surface area contributed by atoms with Crippen molar-refractivity contribution in [1.82, 2.24) is 19.7 Å². The van der Waals surface area contributed by atoms with Crippen LogP contribution in [0.25, 0.3) is 0 Å². The fourth-order valence-corrected chi connectivity index (χ4v) is 9.45. The Bertz CT molecular complexity index is 2000. The summed E-state index contributed by atoms with van der Waals surface area (Å²) in [5.74, 6) is -4.10. The first-order valence-electron chi connectivity index (χ1n) is 19.7. The number of amides is 3. The smallest absolute Gasteiger partial charge is 0.425 e. The van der Waals surface area contributed by atoms with E-state index in [1.807, 2.05) is 6.92 Å². The van der Waals surface area contributed by atoms with E-state index in [2.05, 4.69) is 4.98 Å². The third kappa shape index (κ3) is 10.2. The predicted molar refractivity (Wildman–Crippen MR) is 206 cm³/mol. The normalized spacial score (nSPS) is 21.6. The number of benzene rings is 1. The highest BCUT2D eigenvalue weighted by Gasteiger charge is 2.47. The van der Waals surface area contributed by atoms with Gasteiger partial charge in [-0.1, -0.05) is 37.4 Å². The third-order valence-corrected chi connectivity index (χ3v) is 12.7. The molecule has 59 heavy (non-hydrogen) atoms. The molecule has 2 aromatic heterocycles. The molecule has 3 amide bonds. The van der Waals surface area contributed by atoms with Crippen LogP contribution in [0.5, 0.6) is 5.75 Å². The van der Waals surface area contributed by atoms with Crippen LogP contribution in [0.1, 0.15) is 109 Å². The van der Waals surface area contributed by atoms with E-state index in [0.717, 1.165) is 24.4 Å². The number of pyridine rings is 1. The van der Waals surface area contributed by atoms with E-state index in [1.165, 1.54) is 15.2 Å². The lowest BCUT2D eigenvalue weighted by Crippen LogP contribution is -2.58. The number of carbonyl (C=O) groups is 4. The molecular weight excluding hydrogens is 826 g/mol. The summed E-state index contributed by atoms with van der Waals surface area (Å²) in [6.45, 7) is 2.57. The Morgan fingerprint density at radius 3 is 2.37 bits per heavy atom. The number of rotatable bonds is 12. The molecule has 3 aliphatic rings. The van der Waals surface area contributed by atoms with Crippen LogP contribution in [0.15, 0.2) is 48.0 Å². The van der Waals surface area contributed by atoms with Crippen molar-refractivity contribution in [3.8, 4) is 5.75 Å². The quantitative estimate of drug-likeness (QED) is 0.180. The van der Waals surface area contributed by atoms with Crippen LogP contribution in [0.4, 0.5) is 26.3 Å². The molecule has 1 unspecified atom stereocenters. The summed E-state index contributed by atoms with van der Waals surface area (Å²) in [5.41, 5.74) is -0.590. The number of aromatic nitrogens is 1. The van der Waals surface area contributed by atoms with E-state index < -0.39 is 76.4 Å². The van der Waals surface area contributed by atoms with E-state index in [4.69, 9.17) is 16.3 Å². The number of carbonyl (C=O) groups excluding carboxylic acids is 3. The first kappa shape index (κ1) is 44.2. The molecule has 2 saturated heterocycles. The predicted octanol–water partition coefficient (Wildman–Crippen LogP) is 9.27. The largest absolute Gasteiger partial charge is 0.481 e. The molecule has 4 atom stereocenters. The van der Waals surface area contributed by atoms with Gasteiger partial charge < -0.3 is 19.6 Å².